The molecule has 3 heterocycles. The van der Waals surface area contributed by atoms with Crippen molar-refractivity contribution in [3.8, 4) is 0 Å². The lowest BCUT2D eigenvalue weighted by molar-refractivity contribution is -0.138. The molecule has 4 aromatic rings. The molecule has 2 amide bonds. The molecule has 1 fully saturated rings. The molecule has 0 radical (unpaired) electrons. The zero-order chi connectivity index (χ0) is 25.6. The van der Waals surface area contributed by atoms with Crippen LogP contribution in [0.2, 0.25) is 5.02 Å². The van der Waals surface area contributed by atoms with Crippen LogP contribution >= 0.6 is 11.6 Å². The first-order valence-corrected chi connectivity index (χ1v) is 11.8. The first-order chi connectivity index (χ1) is 17.2. The predicted octanol–water partition coefficient (Wildman–Crippen LogP) is 3.52. The molecule has 0 unspecified atom stereocenters. The first kappa shape index (κ1) is 23.9. The molecular formula is C25H23ClF2N6O2. The van der Waals surface area contributed by atoms with Gasteiger partial charge in [0, 0.05) is 23.9 Å². The van der Waals surface area contributed by atoms with Gasteiger partial charge in [-0.25, -0.2) is 18.7 Å². The second kappa shape index (κ2) is 9.34. The zero-order valence-electron chi connectivity index (χ0n) is 19.3. The Morgan fingerprint density at radius 3 is 2.86 bits per heavy atom. The molecule has 5 rings (SSSR count). The SMILES string of the molecule is Cc1ccc2c(c1)c1c(N)ncnc1n2CC(=O)N1C[C@H](F)C[C@H]1C(=O)NCc1cccc(Cl)c1F. The Labute approximate surface area is 210 Å². The molecule has 3 N–H and O–H groups in total. The number of aryl methyl sites for hydroxylation is 1. The summed E-state index contributed by atoms with van der Waals surface area (Å²) in [5.41, 5.74) is 8.53. The van der Waals surface area contributed by atoms with Crippen molar-refractivity contribution < 1.29 is 18.4 Å². The van der Waals surface area contributed by atoms with Gasteiger partial charge in [-0.3, -0.25) is 9.59 Å². The third-order valence-corrected chi connectivity index (χ3v) is 6.77. The maximum absolute atomic E-state index is 14.4. The molecule has 0 spiro atoms. The lowest BCUT2D eigenvalue weighted by atomic mass is 10.1. The predicted molar refractivity (Wildman–Crippen MR) is 132 cm³/mol. The van der Waals surface area contributed by atoms with Gasteiger partial charge in [0.15, 0.2) is 0 Å². The third kappa shape index (κ3) is 4.21. The van der Waals surface area contributed by atoms with E-state index in [1.54, 1.807) is 10.6 Å². The van der Waals surface area contributed by atoms with Crippen LogP contribution in [0.15, 0.2) is 42.7 Å². The number of halogens is 3. The smallest absolute Gasteiger partial charge is 0.243 e. The van der Waals surface area contributed by atoms with Gasteiger partial charge in [0.2, 0.25) is 11.8 Å². The van der Waals surface area contributed by atoms with E-state index in [1.165, 1.54) is 23.4 Å². The number of hydrogen-bond acceptors (Lipinski definition) is 5. The molecule has 0 aliphatic carbocycles. The van der Waals surface area contributed by atoms with Gasteiger partial charge in [-0.2, -0.15) is 0 Å². The number of carbonyl (C=O) groups excluding carboxylic acids is 2. The highest BCUT2D eigenvalue weighted by Crippen LogP contribution is 2.32. The molecule has 186 valence electrons. The number of amides is 2. The summed E-state index contributed by atoms with van der Waals surface area (Å²) in [5.74, 6) is -1.35. The number of nitrogens with zero attached hydrogens (tertiary/aromatic N) is 4. The summed E-state index contributed by atoms with van der Waals surface area (Å²) in [7, 11) is 0. The summed E-state index contributed by atoms with van der Waals surface area (Å²) in [4.78, 5) is 35.9. The zero-order valence-corrected chi connectivity index (χ0v) is 20.1. The number of fused-ring (bicyclic) bond motifs is 3. The molecule has 2 aromatic carbocycles. The van der Waals surface area contributed by atoms with Crippen LogP contribution in [0.3, 0.4) is 0 Å². The summed E-state index contributed by atoms with van der Waals surface area (Å²) in [6.45, 7) is 1.43. The van der Waals surface area contributed by atoms with Crippen LogP contribution in [0.1, 0.15) is 17.5 Å². The van der Waals surface area contributed by atoms with Gasteiger partial charge in [-0.1, -0.05) is 35.4 Å². The molecule has 0 saturated carbocycles. The number of hydrogen-bond donors (Lipinski definition) is 2. The Morgan fingerprint density at radius 1 is 1.25 bits per heavy atom. The highest BCUT2D eigenvalue weighted by molar-refractivity contribution is 6.30. The Kier molecular flexibility index (Phi) is 6.21. The second-order valence-corrected chi connectivity index (χ2v) is 9.30. The first-order valence-electron chi connectivity index (χ1n) is 11.4. The van der Waals surface area contributed by atoms with Gasteiger partial charge in [-0.15, -0.1) is 0 Å². The number of nitrogen functional groups attached to an aromatic ring is 1. The van der Waals surface area contributed by atoms with Crippen molar-refractivity contribution in [1.82, 2.24) is 24.8 Å². The average molecular weight is 513 g/mol. The van der Waals surface area contributed by atoms with E-state index in [0.717, 1.165) is 16.5 Å². The Hall–Kier alpha value is -3.79. The molecule has 1 saturated heterocycles. The summed E-state index contributed by atoms with van der Waals surface area (Å²) >= 11 is 5.80. The van der Waals surface area contributed by atoms with E-state index in [4.69, 9.17) is 17.3 Å². The molecule has 0 bridgehead atoms. The summed E-state index contributed by atoms with van der Waals surface area (Å²) in [5, 5.41) is 3.98. The minimum Gasteiger partial charge on any atom is -0.383 e. The quantitative estimate of drug-likeness (QED) is 0.425. The molecule has 2 atom stereocenters. The number of aromatic nitrogens is 3. The number of benzene rings is 2. The molecule has 36 heavy (non-hydrogen) atoms. The van der Waals surface area contributed by atoms with Crippen molar-refractivity contribution >= 4 is 51.2 Å². The Morgan fingerprint density at radius 2 is 2.06 bits per heavy atom. The molecule has 1 aliphatic heterocycles. The Balaban J connectivity index is 1.40. The minimum atomic E-state index is -1.36. The maximum Gasteiger partial charge on any atom is 0.243 e. The monoisotopic (exact) mass is 512 g/mol. The van der Waals surface area contributed by atoms with Crippen molar-refractivity contribution in [2.45, 2.75) is 38.6 Å². The average Bonchev–Trinajstić information content (AvgIpc) is 3.38. The Bertz CT molecular complexity index is 1510. The van der Waals surface area contributed by atoms with Crippen LogP contribution in [0, 0.1) is 12.7 Å². The normalized spacial score (nSPS) is 17.7. The molecule has 8 nitrogen and oxygen atoms in total. The number of carbonyl (C=O) groups is 2. The fraction of sp³-hybridized carbons (Fsp3) is 0.280. The second-order valence-electron chi connectivity index (χ2n) is 8.89. The van der Waals surface area contributed by atoms with Crippen molar-refractivity contribution in [3.63, 3.8) is 0 Å². The van der Waals surface area contributed by atoms with Gasteiger partial charge in [-0.05, 0) is 25.1 Å². The van der Waals surface area contributed by atoms with E-state index in [9.17, 15) is 18.4 Å². The van der Waals surface area contributed by atoms with E-state index in [1.807, 2.05) is 25.1 Å². The van der Waals surface area contributed by atoms with Crippen LogP contribution in [-0.2, 0) is 22.7 Å². The van der Waals surface area contributed by atoms with Gasteiger partial charge in [0.1, 0.15) is 42.4 Å². The van der Waals surface area contributed by atoms with Crippen LogP contribution in [-0.4, -0.2) is 50.0 Å². The largest absolute Gasteiger partial charge is 0.383 e. The fourth-order valence-electron chi connectivity index (χ4n) is 4.73. The molecule has 11 heteroatoms. The third-order valence-electron chi connectivity index (χ3n) is 6.48. The molecular weight excluding hydrogens is 490 g/mol. The number of alkyl halides is 1. The standard InChI is InChI=1S/C25H23ClF2N6O2/c1-13-5-6-18-16(7-13)21-23(29)31-12-32-24(21)34(18)11-20(35)33-10-15(27)8-19(33)25(36)30-9-14-3-2-4-17(26)22(14)28/h2-7,12,15,19H,8-11H2,1H3,(H,30,36)(H2,29,31,32)/t15-,19+/m1/s1. The number of likely N-dealkylation sites (tertiary alicyclic amines) is 1. The maximum atomic E-state index is 14.4. The summed E-state index contributed by atoms with van der Waals surface area (Å²) < 4.78 is 30.3. The van der Waals surface area contributed by atoms with E-state index in [-0.39, 0.29) is 42.5 Å². The molecule has 2 aromatic heterocycles. The van der Waals surface area contributed by atoms with Crippen molar-refractivity contribution in [3.05, 3.63) is 64.7 Å². The minimum absolute atomic E-state index is 0.0611. The number of rotatable bonds is 5. The van der Waals surface area contributed by atoms with E-state index < -0.39 is 29.8 Å². The van der Waals surface area contributed by atoms with Crippen molar-refractivity contribution in [2.75, 3.05) is 12.3 Å². The van der Waals surface area contributed by atoms with Crippen LogP contribution < -0.4 is 11.1 Å². The summed E-state index contributed by atoms with van der Waals surface area (Å²) in [6, 6.07) is 9.16. The van der Waals surface area contributed by atoms with Gasteiger partial charge < -0.3 is 20.5 Å². The van der Waals surface area contributed by atoms with Gasteiger partial charge in [0.05, 0.1) is 22.5 Å². The van der Waals surface area contributed by atoms with E-state index >= 15 is 0 Å². The van der Waals surface area contributed by atoms with Crippen LogP contribution in [0.4, 0.5) is 14.6 Å². The summed E-state index contributed by atoms with van der Waals surface area (Å²) in [6.07, 6.45) is -0.175. The fourth-order valence-corrected chi connectivity index (χ4v) is 4.93. The number of nitrogens with one attached hydrogen (secondary N) is 1. The van der Waals surface area contributed by atoms with Crippen LogP contribution in [0.5, 0.6) is 0 Å². The van der Waals surface area contributed by atoms with E-state index in [2.05, 4.69) is 15.3 Å². The lowest BCUT2D eigenvalue weighted by Crippen LogP contribution is -2.46. The van der Waals surface area contributed by atoms with E-state index in [0.29, 0.717) is 11.0 Å². The van der Waals surface area contributed by atoms with Gasteiger partial charge >= 0.3 is 0 Å². The molecule has 1 aliphatic rings. The van der Waals surface area contributed by atoms with Crippen molar-refractivity contribution in [2.24, 2.45) is 0 Å². The van der Waals surface area contributed by atoms with Crippen molar-refractivity contribution in [1.29, 1.82) is 0 Å². The van der Waals surface area contributed by atoms with Crippen LogP contribution in [0.25, 0.3) is 21.9 Å². The highest BCUT2D eigenvalue weighted by Gasteiger charge is 2.40. The lowest BCUT2D eigenvalue weighted by Gasteiger charge is -2.24. The number of nitrogens with two attached hydrogens (primary N) is 1. The highest BCUT2D eigenvalue weighted by atomic mass is 35.5. The topological polar surface area (TPSA) is 106 Å². The number of anilines is 1. The van der Waals surface area contributed by atoms with Gasteiger partial charge in [0.25, 0.3) is 0 Å².